The maximum atomic E-state index is 5.75. The fourth-order valence-electron chi connectivity index (χ4n) is 1.85. The predicted octanol–water partition coefficient (Wildman–Crippen LogP) is 2.65. The summed E-state index contributed by atoms with van der Waals surface area (Å²) in [6, 6.07) is 8.44. The van der Waals surface area contributed by atoms with Gasteiger partial charge in [-0.1, -0.05) is 12.1 Å². The van der Waals surface area contributed by atoms with Crippen molar-refractivity contribution in [2.75, 3.05) is 24.6 Å². The highest BCUT2D eigenvalue weighted by molar-refractivity contribution is 6.17. The molecule has 0 spiro atoms. The van der Waals surface area contributed by atoms with Gasteiger partial charge in [-0.3, -0.25) is 0 Å². The van der Waals surface area contributed by atoms with Gasteiger partial charge in [0.25, 0.3) is 0 Å². The molecule has 0 N–H and O–H groups in total. The Labute approximate surface area is 95.8 Å². The van der Waals surface area contributed by atoms with Crippen LogP contribution >= 0.6 is 11.6 Å². The smallest absolute Gasteiger partial charge is 0.0722 e. The number of hydrogen-bond acceptors (Lipinski definition) is 2. The second kappa shape index (κ2) is 4.86. The first kappa shape index (κ1) is 10.8. The number of benzene rings is 1. The molecular formula is C12H16ClNO. The molecule has 1 heterocycles. The molecule has 1 aromatic rings. The van der Waals surface area contributed by atoms with E-state index in [-0.39, 0.29) is 0 Å². The van der Waals surface area contributed by atoms with E-state index in [9.17, 15) is 0 Å². The van der Waals surface area contributed by atoms with Gasteiger partial charge in [-0.2, -0.15) is 0 Å². The van der Waals surface area contributed by atoms with Gasteiger partial charge in [-0.15, -0.1) is 11.6 Å². The van der Waals surface area contributed by atoms with E-state index >= 15 is 0 Å². The summed E-state index contributed by atoms with van der Waals surface area (Å²) in [4.78, 5) is 2.35. The summed E-state index contributed by atoms with van der Waals surface area (Å²) in [6.45, 7) is 4.88. The Morgan fingerprint density at radius 3 is 2.73 bits per heavy atom. The second-order valence-electron chi connectivity index (χ2n) is 3.93. The number of nitrogens with zero attached hydrogens (tertiary/aromatic N) is 1. The molecule has 1 aromatic carbocycles. The first-order valence-electron chi connectivity index (χ1n) is 5.31. The zero-order valence-electron chi connectivity index (χ0n) is 8.95. The first-order valence-corrected chi connectivity index (χ1v) is 5.84. The third kappa shape index (κ3) is 2.64. The van der Waals surface area contributed by atoms with Crippen LogP contribution in [0.5, 0.6) is 0 Å². The van der Waals surface area contributed by atoms with Gasteiger partial charge >= 0.3 is 0 Å². The summed E-state index contributed by atoms with van der Waals surface area (Å²) >= 11 is 5.75. The topological polar surface area (TPSA) is 12.5 Å². The zero-order valence-corrected chi connectivity index (χ0v) is 9.70. The number of anilines is 1. The van der Waals surface area contributed by atoms with Crippen molar-refractivity contribution >= 4 is 17.3 Å². The van der Waals surface area contributed by atoms with Crippen LogP contribution in [0.25, 0.3) is 0 Å². The summed E-state index contributed by atoms with van der Waals surface area (Å²) in [7, 11) is 0. The van der Waals surface area contributed by atoms with Crippen LogP contribution in [0, 0.1) is 0 Å². The molecule has 0 amide bonds. The Balaban J connectivity index is 2.07. The van der Waals surface area contributed by atoms with E-state index in [0.717, 1.165) is 19.7 Å². The highest BCUT2D eigenvalue weighted by atomic mass is 35.5. The Morgan fingerprint density at radius 1 is 1.40 bits per heavy atom. The lowest BCUT2D eigenvalue weighted by Crippen LogP contribution is -2.41. The van der Waals surface area contributed by atoms with E-state index in [1.807, 2.05) is 0 Å². The summed E-state index contributed by atoms with van der Waals surface area (Å²) in [5.41, 5.74) is 2.43. The van der Waals surface area contributed by atoms with Crippen molar-refractivity contribution in [1.82, 2.24) is 0 Å². The maximum Gasteiger partial charge on any atom is 0.0722 e. The molecule has 1 atom stereocenters. The standard InChI is InChI=1S/C12H16ClNO/c1-10-9-14(6-7-15-10)12-4-2-11(8-13)3-5-12/h2-5,10H,6-9H2,1H3. The normalized spacial score (nSPS) is 21.7. The molecule has 0 bridgehead atoms. The van der Waals surface area contributed by atoms with Gasteiger partial charge in [0.05, 0.1) is 12.7 Å². The van der Waals surface area contributed by atoms with Crippen molar-refractivity contribution in [3.63, 3.8) is 0 Å². The average molecular weight is 226 g/mol. The van der Waals surface area contributed by atoms with Gasteiger partial charge in [0, 0.05) is 24.7 Å². The van der Waals surface area contributed by atoms with Gasteiger partial charge in [-0.05, 0) is 24.6 Å². The van der Waals surface area contributed by atoms with E-state index in [2.05, 4.69) is 36.1 Å². The first-order chi connectivity index (χ1) is 7.29. The van der Waals surface area contributed by atoms with Crippen molar-refractivity contribution in [3.8, 4) is 0 Å². The lowest BCUT2D eigenvalue weighted by atomic mass is 10.2. The molecule has 15 heavy (non-hydrogen) atoms. The van der Waals surface area contributed by atoms with E-state index in [1.54, 1.807) is 0 Å². The summed E-state index contributed by atoms with van der Waals surface area (Å²) in [5.74, 6) is 0.583. The SMILES string of the molecule is CC1CN(c2ccc(CCl)cc2)CCO1. The Bertz CT molecular complexity index is 312. The Hall–Kier alpha value is -0.730. The van der Waals surface area contributed by atoms with Gasteiger partial charge in [0.15, 0.2) is 0 Å². The van der Waals surface area contributed by atoms with Gasteiger partial charge < -0.3 is 9.64 Å². The molecule has 2 nitrogen and oxygen atoms in total. The molecule has 0 aliphatic carbocycles. The largest absolute Gasteiger partial charge is 0.375 e. The van der Waals surface area contributed by atoms with Crippen molar-refractivity contribution in [2.45, 2.75) is 18.9 Å². The van der Waals surface area contributed by atoms with Crippen LogP contribution in [0.1, 0.15) is 12.5 Å². The highest BCUT2D eigenvalue weighted by Gasteiger charge is 2.16. The number of morpholine rings is 1. The van der Waals surface area contributed by atoms with E-state index in [1.165, 1.54) is 11.3 Å². The lowest BCUT2D eigenvalue weighted by Gasteiger charge is -2.33. The fourth-order valence-corrected chi connectivity index (χ4v) is 2.03. The minimum atomic E-state index is 0.325. The summed E-state index contributed by atoms with van der Waals surface area (Å²) < 4.78 is 5.51. The molecule has 1 aliphatic rings. The van der Waals surface area contributed by atoms with Gasteiger partial charge in [-0.25, -0.2) is 0 Å². The number of halogens is 1. The van der Waals surface area contributed by atoms with Crippen LogP contribution < -0.4 is 4.90 Å². The molecule has 1 unspecified atom stereocenters. The second-order valence-corrected chi connectivity index (χ2v) is 4.19. The molecule has 0 aromatic heterocycles. The van der Waals surface area contributed by atoms with Crippen molar-refractivity contribution in [2.24, 2.45) is 0 Å². The van der Waals surface area contributed by atoms with Crippen molar-refractivity contribution < 1.29 is 4.74 Å². The molecule has 1 fully saturated rings. The monoisotopic (exact) mass is 225 g/mol. The minimum Gasteiger partial charge on any atom is -0.375 e. The third-order valence-electron chi connectivity index (χ3n) is 2.70. The number of alkyl halides is 1. The van der Waals surface area contributed by atoms with Gasteiger partial charge in [0.2, 0.25) is 0 Å². The van der Waals surface area contributed by atoms with E-state index in [0.29, 0.717) is 12.0 Å². The van der Waals surface area contributed by atoms with Crippen molar-refractivity contribution in [1.29, 1.82) is 0 Å². The van der Waals surface area contributed by atoms with Crippen molar-refractivity contribution in [3.05, 3.63) is 29.8 Å². The number of rotatable bonds is 2. The lowest BCUT2D eigenvalue weighted by molar-refractivity contribution is 0.0532. The average Bonchev–Trinajstić information content (AvgIpc) is 2.29. The molecule has 82 valence electrons. The van der Waals surface area contributed by atoms with Gasteiger partial charge in [0.1, 0.15) is 0 Å². The Morgan fingerprint density at radius 2 is 2.13 bits per heavy atom. The predicted molar refractivity (Wildman–Crippen MR) is 63.6 cm³/mol. The number of hydrogen-bond donors (Lipinski definition) is 0. The molecule has 2 rings (SSSR count). The Kier molecular flexibility index (Phi) is 3.49. The number of ether oxygens (including phenoxy) is 1. The molecular weight excluding hydrogens is 210 g/mol. The molecule has 0 saturated carbocycles. The van der Waals surface area contributed by atoms with Crippen LogP contribution in [0.3, 0.4) is 0 Å². The molecule has 1 saturated heterocycles. The van der Waals surface area contributed by atoms with Crippen LogP contribution in [-0.2, 0) is 10.6 Å². The van der Waals surface area contributed by atoms with Crippen LogP contribution in [0.2, 0.25) is 0 Å². The minimum absolute atomic E-state index is 0.325. The van der Waals surface area contributed by atoms with E-state index in [4.69, 9.17) is 16.3 Å². The fraction of sp³-hybridized carbons (Fsp3) is 0.500. The molecule has 1 aliphatic heterocycles. The van der Waals surface area contributed by atoms with E-state index < -0.39 is 0 Å². The zero-order chi connectivity index (χ0) is 10.7. The molecule has 3 heteroatoms. The van der Waals surface area contributed by atoms with Crippen LogP contribution in [-0.4, -0.2) is 25.8 Å². The third-order valence-corrected chi connectivity index (χ3v) is 3.01. The van der Waals surface area contributed by atoms with Crippen LogP contribution in [0.4, 0.5) is 5.69 Å². The van der Waals surface area contributed by atoms with Crippen LogP contribution in [0.15, 0.2) is 24.3 Å². The summed E-state index contributed by atoms with van der Waals surface area (Å²) in [5, 5.41) is 0. The maximum absolute atomic E-state index is 5.75. The highest BCUT2D eigenvalue weighted by Crippen LogP contribution is 2.18. The molecule has 0 radical (unpaired) electrons. The quantitative estimate of drug-likeness (QED) is 0.718. The summed E-state index contributed by atoms with van der Waals surface area (Å²) in [6.07, 6.45) is 0.325.